The number of benzene rings is 3. The minimum atomic E-state index is -4.36. The number of thioether (sulfide) groups is 1. The normalized spacial score (nSPS) is 12.4. The van der Waals surface area contributed by atoms with E-state index in [1.54, 1.807) is 23.9 Å². The number of hydrogen-bond donors (Lipinski definition) is 2. The molecule has 0 aliphatic rings. The van der Waals surface area contributed by atoms with Crippen molar-refractivity contribution in [1.82, 2.24) is 5.32 Å². The zero-order valence-electron chi connectivity index (χ0n) is 21.9. The molecule has 1 amide bonds. The molecule has 4 nitrogen and oxygen atoms in total. The summed E-state index contributed by atoms with van der Waals surface area (Å²) in [6, 6.07) is 16.8. The number of carboxylic acids is 1. The fraction of sp³-hybridized carbons (Fsp3) is 0.333. The number of carboxylic acid groups (broad SMARTS) is 1. The van der Waals surface area contributed by atoms with Crippen LogP contribution in [0.5, 0.6) is 0 Å². The van der Waals surface area contributed by atoms with Crippen LogP contribution in [-0.4, -0.2) is 23.5 Å². The molecule has 3 aromatic rings. The second-order valence-corrected chi connectivity index (χ2v) is 11.0. The van der Waals surface area contributed by atoms with E-state index in [0.29, 0.717) is 11.5 Å². The molecule has 202 valence electrons. The second-order valence-electron chi connectivity index (χ2n) is 9.76. The first-order chi connectivity index (χ1) is 17.8. The van der Waals surface area contributed by atoms with E-state index in [2.05, 4.69) is 31.3 Å². The van der Waals surface area contributed by atoms with Crippen LogP contribution in [0.1, 0.15) is 64.6 Å². The molecule has 0 aliphatic carbocycles. The molecule has 0 fully saturated rings. The number of aryl methyl sites for hydroxylation is 2. The Morgan fingerprint density at radius 1 is 0.947 bits per heavy atom. The molecule has 38 heavy (non-hydrogen) atoms. The quantitative estimate of drug-likeness (QED) is 0.254. The van der Waals surface area contributed by atoms with Crippen LogP contribution in [0, 0.1) is 19.8 Å². The zero-order chi connectivity index (χ0) is 28.0. The minimum absolute atomic E-state index is 0.0723. The Balaban J connectivity index is 1.80. The van der Waals surface area contributed by atoms with Gasteiger partial charge in [-0.1, -0.05) is 38.1 Å². The van der Waals surface area contributed by atoms with E-state index in [1.165, 1.54) is 12.1 Å². The van der Waals surface area contributed by atoms with Gasteiger partial charge in [-0.15, -0.1) is 11.8 Å². The van der Waals surface area contributed by atoms with E-state index in [4.69, 9.17) is 5.11 Å². The number of alkyl halides is 3. The SMILES string of the molecule is Cc1cc(SC(CC(C)C)c2ccc(C(=O)NCCC(=O)O)cc2)cc(C)c1-c1ccc(C(F)(F)F)cc1. The highest BCUT2D eigenvalue weighted by molar-refractivity contribution is 7.99. The highest BCUT2D eigenvalue weighted by atomic mass is 32.2. The van der Waals surface area contributed by atoms with Gasteiger partial charge in [0.25, 0.3) is 5.91 Å². The number of aliphatic carboxylic acids is 1. The van der Waals surface area contributed by atoms with Crippen LogP contribution in [-0.2, 0) is 11.0 Å². The van der Waals surface area contributed by atoms with Gasteiger partial charge in [0.05, 0.1) is 12.0 Å². The van der Waals surface area contributed by atoms with Gasteiger partial charge in [0.1, 0.15) is 0 Å². The standard InChI is InChI=1S/C30H32F3NO3S/c1-18(2)15-26(21-5-7-23(8-6-21)29(37)34-14-13-27(35)36)38-25-16-19(3)28(20(4)17-25)22-9-11-24(12-10-22)30(31,32)33/h5-12,16-18,26H,13-15H2,1-4H3,(H,34,37)(H,35,36). The Morgan fingerprint density at radius 3 is 2.03 bits per heavy atom. The summed E-state index contributed by atoms with van der Waals surface area (Å²) >= 11 is 1.72. The van der Waals surface area contributed by atoms with Crippen molar-refractivity contribution in [1.29, 1.82) is 0 Å². The second kappa shape index (κ2) is 12.5. The van der Waals surface area contributed by atoms with Gasteiger partial charge in [0.15, 0.2) is 0 Å². The van der Waals surface area contributed by atoms with E-state index in [1.807, 2.05) is 26.0 Å². The van der Waals surface area contributed by atoms with Gasteiger partial charge in [0.2, 0.25) is 0 Å². The summed E-state index contributed by atoms with van der Waals surface area (Å²) in [4.78, 5) is 24.0. The molecule has 2 N–H and O–H groups in total. The highest BCUT2D eigenvalue weighted by Crippen LogP contribution is 2.42. The number of halogens is 3. The summed E-state index contributed by atoms with van der Waals surface area (Å²) in [6.07, 6.45) is -3.59. The maximum Gasteiger partial charge on any atom is 0.416 e. The van der Waals surface area contributed by atoms with Crippen LogP contribution in [0.4, 0.5) is 13.2 Å². The van der Waals surface area contributed by atoms with Gasteiger partial charge < -0.3 is 10.4 Å². The number of carbonyl (C=O) groups is 2. The lowest BCUT2D eigenvalue weighted by Crippen LogP contribution is -2.25. The summed E-state index contributed by atoms with van der Waals surface area (Å²) in [5, 5.41) is 11.5. The van der Waals surface area contributed by atoms with E-state index in [0.717, 1.165) is 51.3 Å². The van der Waals surface area contributed by atoms with Crippen LogP contribution >= 0.6 is 11.8 Å². The molecule has 3 aromatic carbocycles. The van der Waals surface area contributed by atoms with Crippen LogP contribution in [0.2, 0.25) is 0 Å². The Morgan fingerprint density at radius 2 is 1.53 bits per heavy atom. The van der Waals surface area contributed by atoms with Crippen molar-refractivity contribution in [2.75, 3.05) is 6.54 Å². The molecule has 0 bridgehead atoms. The fourth-order valence-corrected chi connectivity index (χ4v) is 5.94. The molecule has 3 rings (SSSR count). The van der Waals surface area contributed by atoms with Crippen LogP contribution < -0.4 is 5.32 Å². The average molecular weight is 544 g/mol. The molecule has 1 atom stereocenters. The molecule has 0 spiro atoms. The smallest absolute Gasteiger partial charge is 0.416 e. The molecular weight excluding hydrogens is 511 g/mol. The maximum atomic E-state index is 13.0. The lowest BCUT2D eigenvalue weighted by Gasteiger charge is -2.21. The van der Waals surface area contributed by atoms with Crippen molar-refractivity contribution in [3.63, 3.8) is 0 Å². The third-order valence-corrected chi connectivity index (χ3v) is 7.40. The third-order valence-electron chi connectivity index (χ3n) is 6.14. The molecule has 1 unspecified atom stereocenters. The summed E-state index contributed by atoms with van der Waals surface area (Å²) < 4.78 is 38.9. The molecule has 0 radical (unpaired) electrons. The number of carbonyl (C=O) groups excluding carboxylic acids is 1. The van der Waals surface area contributed by atoms with Gasteiger partial charge in [-0.25, -0.2) is 0 Å². The molecule has 8 heteroatoms. The van der Waals surface area contributed by atoms with Crippen LogP contribution in [0.3, 0.4) is 0 Å². The predicted molar refractivity (Wildman–Crippen MR) is 145 cm³/mol. The average Bonchev–Trinajstić information content (AvgIpc) is 2.82. The Hall–Kier alpha value is -3.26. The number of rotatable bonds is 10. The third kappa shape index (κ3) is 7.87. The van der Waals surface area contributed by atoms with Crippen LogP contribution in [0.15, 0.2) is 65.6 Å². The lowest BCUT2D eigenvalue weighted by atomic mass is 9.95. The molecule has 0 saturated heterocycles. The number of amides is 1. The summed E-state index contributed by atoms with van der Waals surface area (Å²) in [7, 11) is 0. The van der Waals surface area contributed by atoms with Crippen molar-refractivity contribution in [2.24, 2.45) is 5.92 Å². The molecule has 0 aliphatic heterocycles. The number of nitrogens with one attached hydrogen (secondary N) is 1. The van der Waals surface area contributed by atoms with Crippen LogP contribution in [0.25, 0.3) is 11.1 Å². The minimum Gasteiger partial charge on any atom is -0.481 e. The largest absolute Gasteiger partial charge is 0.481 e. The van der Waals surface area contributed by atoms with E-state index in [-0.39, 0.29) is 24.1 Å². The first kappa shape index (κ1) is 29.3. The first-order valence-electron chi connectivity index (χ1n) is 12.4. The topological polar surface area (TPSA) is 66.4 Å². The molecular formula is C30H32F3NO3S. The van der Waals surface area contributed by atoms with E-state index >= 15 is 0 Å². The Bertz CT molecular complexity index is 1250. The first-order valence-corrected chi connectivity index (χ1v) is 13.3. The molecule has 0 heterocycles. The van der Waals surface area contributed by atoms with Crippen molar-refractivity contribution < 1.29 is 27.9 Å². The maximum absolute atomic E-state index is 13.0. The van der Waals surface area contributed by atoms with Crippen molar-refractivity contribution in [3.8, 4) is 11.1 Å². The van der Waals surface area contributed by atoms with Crippen molar-refractivity contribution >= 4 is 23.6 Å². The molecule has 0 saturated carbocycles. The predicted octanol–water partition coefficient (Wildman–Crippen LogP) is 8.07. The lowest BCUT2D eigenvalue weighted by molar-refractivity contribution is -0.138. The van der Waals surface area contributed by atoms with Gasteiger partial charge in [-0.2, -0.15) is 13.2 Å². The summed E-state index contributed by atoms with van der Waals surface area (Å²) in [5.74, 6) is -0.844. The van der Waals surface area contributed by atoms with E-state index < -0.39 is 17.7 Å². The summed E-state index contributed by atoms with van der Waals surface area (Å²) in [6.45, 7) is 8.32. The Labute approximate surface area is 225 Å². The highest BCUT2D eigenvalue weighted by Gasteiger charge is 2.30. The van der Waals surface area contributed by atoms with Gasteiger partial charge in [-0.3, -0.25) is 9.59 Å². The van der Waals surface area contributed by atoms with Crippen molar-refractivity contribution in [3.05, 3.63) is 88.5 Å². The fourth-order valence-electron chi connectivity index (χ4n) is 4.35. The molecule has 0 aromatic heterocycles. The monoisotopic (exact) mass is 543 g/mol. The number of hydrogen-bond acceptors (Lipinski definition) is 3. The summed E-state index contributed by atoms with van der Waals surface area (Å²) in [5.41, 5.74) is 4.55. The van der Waals surface area contributed by atoms with Gasteiger partial charge >= 0.3 is 12.1 Å². The van der Waals surface area contributed by atoms with Crippen molar-refractivity contribution in [2.45, 2.75) is 56.9 Å². The zero-order valence-corrected chi connectivity index (χ0v) is 22.7. The van der Waals surface area contributed by atoms with Gasteiger partial charge in [0, 0.05) is 22.3 Å². The van der Waals surface area contributed by atoms with E-state index in [9.17, 15) is 22.8 Å². The van der Waals surface area contributed by atoms with Gasteiger partial charge in [-0.05, 0) is 90.4 Å². The Kier molecular flexibility index (Phi) is 9.66.